The molecular weight excluding hydrogens is 430 g/mol. The molecule has 0 bridgehead atoms. The summed E-state index contributed by atoms with van der Waals surface area (Å²) in [5.41, 5.74) is 1.77. The molecule has 6 nitrogen and oxygen atoms in total. The van der Waals surface area contributed by atoms with Gasteiger partial charge in [0, 0.05) is 30.7 Å². The number of rotatable bonds is 5. The van der Waals surface area contributed by atoms with Crippen molar-refractivity contribution in [2.45, 2.75) is 11.8 Å². The van der Waals surface area contributed by atoms with E-state index in [-0.39, 0.29) is 4.90 Å². The Labute approximate surface area is 188 Å². The maximum Gasteiger partial charge on any atom is 0.243 e. The zero-order valence-electron chi connectivity index (χ0n) is 17.3. The Bertz CT molecular complexity index is 1170. The Kier molecular flexibility index (Phi) is 6.52. The molecule has 0 aliphatic carbocycles. The van der Waals surface area contributed by atoms with Crippen LogP contribution < -0.4 is 10.2 Å². The number of hydrogen-bond acceptors (Lipinski definition) is 4. The molecule has 0 saturated carbocycles. The van der Waals surface area contributed by atoms with Gasteiger partial charge in [-0.25, -0.2) is 8.42 Å². The normalized spacial score (nSPS) is 15.0. The third kappa shape index (κ3) is 4.57. The van der Waals surface area contributed by atoms with E-state index in [1.165, 1.54) is 4.31 Å². The lowest BCUT2D eigenvalue weighted by Crippen LogP contribution is -2.40. The number of anilines is 2. The molecule has 1 N–H and O–H groups in total. The van der Waals surface area contributed by atoms with Gasteiger partial charge in [-0.05, 0) is 54.9 Å². The number of morpholine rings is 1. The third-order valence-electron chi connectivity index (χ3n) is 5.33. The van der Waals surface area contributed by atoms with Crippen LogP contribution in [0.4, 0.5) is 11.4 Å². The lowest BCUT2D eigenvalue weighted by Gasteiger charge is -2.27. The highest BCUT2D eigenvalue weighted by molar-refractivity contribution is 7.89. The minimum absolute atomic E-state index is 0.271. The minimum atomic E-state index is -3.51. The van der Waals surface area contributed by atoms with Crippen molar-refractivity contribution >= 4 is 49.5 Å². The van der Waals surface area contributed by atoms with Crippen molar-refractivity contribution in [2.24, 2.45) is 0 Å². The number of nitrogens with one attached hydrogen (secondary N) is 1. The minimum Gasteiger partial charge on any atom is -0.379 e. The topological polar surface area (TPSA) is 61.9 Å². The van der Waals surface area contributed by atoms with Crippen molar-refractivity contribution in [1.82, 2.24) is 4.31 Å². The molecular formula is C23H25N3O3S2. The van der Waals surface area contributed by atoms with Crippen LogP contribution in [0.2, 0.25) is 0 Å². The first-order chi connectivity index (χ1) is 15.0. The van der Waals surface area contributed by atoms with Crippen LogP contribution in [0, 0.1) is 0 Å². The highest BCUT2D eigenvalue weighted by atomic mass is 32.2. The molecule has 0 amide bonds. The summed E-state index contributed by atoms with van der Waals surface area (Å²) in [4.78, 5) is 2.31. The molecule has 1 heterocycles. The number of sulfonamides is 1. The number of ether oxygens (including phenoxy) is 1. The van der Waals surface area contributed by atoms with Crippen molar-refractivity contribution in [1.29, 1.82) is 0 Å². The van der Waals surface area contributed by atoms with E-state index >= 15 is 0 Å². The average molecular weight is 456 g/mol. The van der Waals surface area contributed by atoms with E-state index < -0.39 is 10.0 Å². The van der Waals surface area contributed by atoms with Gasteiger partial charge < -0.3 is 15.0 Å². The third-order valence-corrected chi connectivity index (χ3v) is 7.57. The maximum atomic E-state index is 12.8. The van der Waals surface area contributed by atoms with Gasteiger partial charge >= 0.3 is 0 Å². The van der Waals surface area contributed by atoms with Crippen molar-refractivity contribution in [3.05, 3.63) is 66.7 Å². The van der Waals surface area contributed by atoms with Crippen molar-refractivity contribution in [3.63, 3.8) is 0 Å². The Balaban J connectivity index is 1.52. The number of thiocarbonyl (C=S) groups is 1. The quantitative estimate of drug-likeness (QED) is 0.585. The van der Waals surface area contributed by atoms with Gasteiger partial charge in [0.15, 0.2) is 5.11 Å². The summed E-state index contributed by atoms with van der Waals surface area (Å²) in [6.07, 6.45) is 0. The van der Waals surface area contributed by atoms with Crippen LogP contribution in [0.1, 0.15) is 6.92 Å². The van der Waals surface area contributed by atoms with Crippen molar-refractivity contribution in [3.8, 4) is 0 Å². The SMILES string of the molecule is CCN(C(=S)Nc1ccc(S(=O)(=O)N2CCOCC2)cc1)c1cccc2ccccc12. The highest BCUT2D eigenvalue weighted by Gasteiger charge is 2.26. The van der Waals surface area contributed by atoms with Gasteiger partial charge in [0.25, 0.3) is 0 Å². The predicted octanol–water partition coefficient (Wildman–Crippen LogP) is 4.08. The fraction of sp³-hybridized carbons (Fsp3) is 0.261. The second kappa shape index (κ2) is 9.32. The number of benzene rings is 3. The average Bonchev–Trinajstić information content (AvgIpc) is 2.81. The van der Waals surface area contributed by atoms with Gasteiger partial charge in [0.1, 0.15) is 0 Å². The molecule has 3 aromatic carbocycles. The molecule has 1 aliphatic rings. The molecule has 1 saturated heterocycles. The zero-order valence-corrected chi connectivity index (χ0v) is 19.0. The second-order valence-corrected chi connectivity index (χ2v) is 9.54. The first kappa shape index (κ1) is 21.7. The largest absolute Gasteiger partial charge is 0.379 e. The molecule has 3 aromatic rings. The monoisotopic (exact) mass is 455 g/mol. The molecule has 1 aliphatic heterocycles. The molecule has 1 fully saturated rings. The Hall–Kier alpha value is -2.52. The van der Waals surface area contributed by atoms with E-state index in [1.807, 2.05) is 30.0 Å². The molecule has 162 valence electrons. The van der Waals surface area contributed by atoms with E-state index in [0.29, 0.717) is 38.0 Å². The fourth-order valence-electron chi connectivity index (χ4n) is 3.70. The van der Waals surface area contributed by atoms with Crippen molar-refractivity contribution < 1.29 is 13.2 Å². The maximum absolute atomic E-state index is 12.8. The first-order valence-electron chi connectivity index (χ1n) is 10.2. The molecule has 0 unspecified atom stereocenters. The smallest absolute Gasteiger partial charge is 0.243 e. The van der Waals surface area contributed by atoms with E-state index in [9.17, 15) is 8.42 Å². The van der Waals surface area contributed by atoms with Gasteiger partial charge in [-0.15, -0.1) is 0 Å². The van der Waals surface area contributed by atoms with Gasteiger partial charge in [-0.1, -0.05) is 36.4 Å². The van der Waals surface area contributed by atoms with Crippen LogP contribution in [-0.4, -0.2) is 50.7 Å². The summed E-state index contributed by atoms with van der Waals surface area (Å²) in [5.74, 6) is 0. The van der Waals surface area contributed by atoms with Crippen LogP contribution in [-0.2, 0) is 14.8 Å². The molecule has 0 radical (unpaired) electrons. The van der Waals surface area contributed by atoms with Crippen LogP contribution in [0.3, 0.4) is 0 Å². The van der Waals surface area contributed by atoms with E-state index in [0.717, 1.165) is 22.1 Å². The Morgan fingerprint density at radius 2 is 1.71 bits per heavy atom. The van der Waals surface area contributed by atoms with Crippen LogP contribution in [0.5, 0.6) is 0 Å². The number of hydrogen-bond donors (Lipinski definition) is 1. The van der Waals surface area contributed by atoms with Gasteiger partial charge in [0.05, 0.1) is 23.8 Å². The van der Waals surface area contributed by atoms with Gasteiger partial charge in [-0.2, -0.15) is 4.31 Å². The molecule has 0 spiro atoms. The van der Waals surface area contributed by atoms with Gasteiger partial charge in [0.2, 0.25) is 10.0 Å². The molecule has 0 aromatic heterocycles. The highest BCUT2D eigenvalue weighted by Crippen LogP contribution is 2.27. The van der Waals surface area contributed by atoms with E-state index in [2.05, 4.69) is 29.6 Å². The summed E-state index contributed by atoms with van der Waals surface area (Å²) < 4.78 is 32.3. The molecule has 8 heteroatoms. The summed E-state index contributed by atoms with van der Waals surface area (Å²) >= 11 is 5.68. The predicted molar refractivity (Wildman–Crippen MR) is 129 cm³/mol. The Morgan fingerprint density at radius 1 is 1.03 bits per heavy atom. The van der Waals surface area contributed by atoms with Crippen LogP contribution >= 0.6 is 12.2 Å². The summed E-state index contributed by atoms with van der Waals surface area (Å²) in [6, 6.07) is 21.1. The molecule has 31 heavy (non-hydrogen) atoms. The summed E-state index contributed by atoms with van der Waals surface area (Å²) in [7, 11) is -3.51. The lowest BCUT2D eigenvalue weighted by molar-refractivity contribution is 0.0730. The standard InChI is InChI=1S/C23H25N3O3S2/c1-2-26(22-9-5-7-18-6-3-4-8-21(18)22)23(30)24-19-10-12-20(13-11-19)31(27,28)25-14-16-29-17-15-25/h3-13H,2,14-17H2,1H3,(H,24,30). The molecule has 4 rings (SSSR count). The first-order valence-corrected chi connectivity index (χ1v) is 12.1. The van der Waals surface area contributed by atoms with E-state index in [4.69, 9.17) is 17.0 Å². The number of nitrogens with zero attached hydrogens (tertiary/aromatic N) is 2. The number of fused-ring (bicyclic) bond motifs is 1. The van der Waals surface area contributed by atoms with E-state index in [1.54, 1.807) is 24.3 Å². The fourth-order valence-corrected chi connectivity index (χ4v) is 5.46. The summed E-state index contributed by atoms with van der Waals surface area (Å²) in [6.45, 7) is 4.35. The second-order valence-electron chi connectivity index (χ2n) is 7.21. The molecule has 0 atom stereocenters. The van der Waals surface area contributed by atoms with Gasteiger partial charge in [-0.3, -0.25) is 0 Å². The van der Waals surface area contributed by atoms with Crippen molar-refractivity contribution in [2.75, 3.05) is 43.1 Å². The summed E-state index contributed by atoms with van der Waals surface area (Å²) in [5, 5.41) is 6.08. The Morgan fingerprint density at radius 3 is 2.42 bits per heavy atom. The lowest BCUT2D eigenvalue weighted by atomic mass is 10.1. The van der Waals surface area contributed by atoms with Crippen LogP contribution in [0.15, 0.2) is 71.6 Å². The van der Waals surface area contributed by atoms with Crippen LogP contribution in [0.25, 0.3) is 10.8 Å². The zero-order chi connectivity index (χ0) is 21.8.